The molecule has 0 spiro atoms. The molecular formula is C24H19N3O2S. The van der Waals surface area contributed by atoms with E-state index in [0.717, 1.165) is 32.9 Å². The Kier molecular flexibility index (Phi) is 4.69. The summed E-state index contributed by atoms with van der Waals surface area (Å²) < 4.78 is 6.71. The number of aromatic hydroxyl groups is 1. The highest BCUT2D eigenvalue weighted by atomic mass is 32.1. The van der Waals surface area contributed by atoms with Gasteiger partial charge >= 0.3 is 0 Å². The van der Waals surface area contributed by atoms with Gasteiger partial charge in [-0.2, -0.15) is 9.61 Å². The monoisotopic (exact) mass is 413 g/mol. The Labute approximate surface area is 177 Å². The van der Waals surface area contributed by atoms with E-state index in [1.54, 1.807) is 30.8 Å². The first-order valence-corrected chi connectivity index (χ1v) is 10.4. The number of ether oxygens (including phenoxy) is 1. The molecule has 1 N–H and O–H groups in total. The molecule has 0 fully saturated rings. The van der Waals surface area contributed by atoms with Gasteiger partial charge in [-0.3, -0.25) is 0 Å². The van der Waals surface area contributed by atoms with Crippen molar-refractivity contribution in [1.29, 1.82) is 0 Å². The highest BCUT2D eigenvalue weighted by Crippen LogP contribution is 2.35. The maximum absolute atomic E-state index is 10.8. The van der Waals surface area contributed by atoms with Crippen molar-refractivity contribution in [2.24, 2.45) is 0 Å². The zero-order valence-corrected chi connectivity index (χ0v) is 17.1. The summed E-state index contributed by atoms with van der Waals surface area (Å²) in [6.07, 6.45) is 4.05. The number of hydrogen-bond acceptors (Lipinski definition) is 5. The summed E-state index contributed by atoms with van der Waals surface area (Å²) in [4.78, 5) is 5.68. The van der Waals surface area contributed by atoms with Crippen LogP contribution in [0.1, 0.15) is 11.1 Å². The molecule has 0 amide bonds. The molecule has 0 saturated carbocycles. The Morgan fingerprint density at radius 2 is 1.80 bits per heavy atom. The van der Waals surface area contributed by atoms with Crippen LogP contribution in [0.5, 0.6) is 11.6 Å². The zero-order valence-electron chi connectivity index (χ0n) is 16.3. The number of thiophene rings is 1. The van der Waals surface area contributed by atoms with E-state index in [1.807, 2.05) is 42.5 Å². The first-order valence-electron chi connectivity index (χ1n) is 9.55. The smallest absolute Gasteiger partial charge is 0.219 e. The van der Waals surface area contributed by atoms with Crippen LogP contribution in [0.15, 0.2) is 78.4 Å². The minimum Gasteiger partial charge on any atom is -0.497 e. The second-order valence-electron chi connectivity index (χ2n) is 6.99. The van der Waals surface area contributed by atoms with Crippen LogP contribution in [0, 0.1) is 0 Å². The van der Waals surface area contributed by atoms with Gasteiger partial charge in [-0.25, -0.2) is 4.98 Å². The van der Waals surface area contributed by atoms with E-state index >= 15 is 0 Å². The third-order valence-electron chi connectivity index (χ3n) is 5.10. The summed E-state index contributed by atoms with van der Waals surface area (Å²) >= 11 is 1.65. The van der Waals surface area contributed by atoms with E-state index in [9.17, 15) is 5.11 Å². The number of fused-ring (bicyclic) bond motifs is 1. The zero-order chi connectivity index (χ0) is 20.5. The predicted octanol–water partition coefficient (Wildman–Crippen LogP) is 5.43. The van der Waals surface area contributed by atoms with Crippen LogP contribution in [-0.2, 0) is 6.42 Å². The molecule has 0 atom stereocenters. The molecule has 5 aromatic rings. The van der Waals surface area contributed by atoms with Gasteiger partial charge in [-0.15, -0.1) is 11.3 Å². The summed E-state index contributed by atoms with van der Waals surface area (Å²) in [6, 6.07) is 20.2. The first-order chi connectivity index (χ1) is 14.7. The predicted molar refractivity (Wildman–Crippen MR) is 119 cm³/mol. The van der Waals surface area contributed by atoms with Crippen LogP contribution in [-0.4, -0.2) is 26.8 Å². The van der Waals surface area contributed by atoms with Crippen molar-refractivity contribution >= 4 is 17.0 Å². The van der Waals surface area contributed by atoms with E-state index in [2.05, 4.69) is 33.7 Å². The van der Waals surface area contributed by atoms with Crippen LogP contribution in [0.4, 0.5) is 0 Å². The van der Waals surface area contributed by atoms with Crippen LogP contribution in [0.2, 0.25) is 0 Å². The number of methoxy groups -OCH3 is 1. The highest BCUT2D eigenvalue weighted by Gasteiger charge is 2.16. The third-order valence-corrected chi connectivity index (χ3v) is 6.06. The number of aromatic nitrogens is 3. The summed E-state index contributed by atoms with van der Waals surface area (Å²) in [5.74, 6) is 0.918. The summed E-state index contributed by atoms with van der Waals surface area (Å²) in [7, 11) is 1.64. The molecule has 3 aromatic heterocycles. The average molecular weight is 414 g/mol. The van der Waals surface area contributed by atoms with Crippen molar-refractivity contribution in [3.63, 3.8) is 0 Å². The number of hydrogen-bond donors (Lipinski definition) is 1. The third kappa shape index (κ3) is 3.31. The van der Waals surface area contributed by atoms with Gasteiger partial charge in [0.25, 0.3) is 0 Å². The molecule has 6 heteroatoms. The minimum absolute atomic E-state index is 0.113. The molecule has 5 rings (SSSR count). The van der Waals surface area contributed by atoms with Gasteiger partial charge < -0.3 is 9.84 Å². The van der Waals surface area contributed by atoms with Crippen molar-refractivity contribution in [2.75, 3.05) is 7.11 Å². The first kappa shape index (κ1) is 18.4. The van der Waals surface area contributed by atoms with Crippen molar-refractivity contribution in [2.45, 2.75) is 6.42 Å². The summed E-state index contributed by atoms with van der Waals surface area (Å²) in [6.45, 7) is 0. The van der Waals surface area contributed by atoms with Gasteiger partial charge in [0.2, 0.25) is 5.88 Å². The van der Waals surface area contributed by atoms with E-state index in [-0.39, 0.29) is 5.88 Å². The van der Waals surface area contributed by atoms with Gasteiger partial charge in [0.05, 0.1) is 18.9 Å². The maximum Gasteiger partial charge on any atom is 0.219 e. The van der Waals surface area contributed by atoms with Crippen molar-refractivity contribution < 1.29 is 9.84 Å². The SMILES string of the molecule is COc1ccc(Cc2cnc3c(-c4cc(-c5ccccc5)cs4)cnn3c2O)cc1. The molecule has 0 aliphatic heterocycles. The fraction of sp³-hybridized carbons (Fsp3) is 0.0833. The topological polar surface area (TPSA) is 59.7 Å². The lowest BCUT2D eigenvalue weighted by atomic mass is 10.1. The Bertz CT molecular complexity index is 1310. The lowest BCUT2D eigenvalue weighted by Gasteiger charge is -2.07. The molecular weight excluding hydrogens is 394 g/mol. The molecule has 2 aromatic carbocycles. The molecule has 148 valence electrons. The number of nitrogens with zero attached hydrogens (tertiary/aromatic N) is 3. The summed E-state index contributed by atoms with van der Waals surface area (Å²) in [5.41, 5.74) is 5.68. The molecule has 3 heterocycles. The molecule has 5 nitrogen and oxygen atoms in total. The van der Waals surface area contributed by atoms with Gasteiger partial charge in [0.15, 0.2) is 5.65 Å². The van der Waals surface area contributed by atoms with Crippen LogP contribution in [0.3, 0.4) is 0 Å². The molecule has 0 bridgehead atoms. The lowest BCUT2D eigenvalue weighted by molar-refractivity contribution is 0.414. The lowest BCUT2D eigenvalue weighted by Crippen LogP contribution is -1.98. The van der Waals surface area contributed by atoms with Crippen molar-refractivity contribution in [3.05, 3.63) is 89.6 Å². The van der Waals surface area contributed by atoms with Crippen molar-refractivity contribution in [1.82, 2.24) is 14.6 Å². The molecule has 0 radical (unpaired) electrons. The van der Waals surface area contributed by atoms with E-state index < -0.39 is 0 Å². The molecule has 0 unspecified atom stereocenters. The quantitative estimate of drug-likeness (QED) is 0.417. The fourth-order valence-corrected chi connectivity index (χ4v) is 4.40. The second kappa shape index (κ2) is 7.65. The minimum atomic E-state index is 0.113. The van der Waals surface area contributed by atoms with Gasteiger partial charge in [-0.1, -0.05) is 42.5 Å². The van der Waals surface area contributed by atoms with E-state index in [1.165, 1.54) is 10.1 Å². The molecule has 0 aliphatic rings. The Balaban J connectivity index is 1.47. The second-order valence-corrected chi connectivity index (χ2v) is 7.90. The maximum atomic E-state index is 10.8. The van der Waals surface area contributed by atoms with Gasteiger partial charge in [0, 0.05) is 23.1 Å². The van der Waals surface area contributed by atoms with Crippen molar-refractivity contribution in [3.8, 4) is 33.2 Å². The number of rotatable bonds is 5. The number of benzene rings is 2. The van der Waals surface area contributed by atoms with Gasteiger partial charge in [-0.05, 0) is 40.3 Å². The summed E-state index contributed by atoms with van der Waals surface area (Å²) in [5, 5.41) is 17.3. The van der Waals surface area contributed by atoms with Crippen LogP contribution in [0.25, 0.3) is 27.2 Å². The highest BCUT2D eigenvalue weighted by molar-refractivity contribution is 7.14. The largest absolute Gasteiger partial charge is 0.497 e. The van der Waals surface area contributed by atoms with E-state index in [4.69, 9.17) is 4.74 Å². The Hall–Kier alpha value is -3.64. The van der Waals surface area contributed by atoms with Crippen LogP contribution < -0.4 is 4.74 Å². The standard InChI is InChI=1S/C24H19N3O2S/c1-29-20-9-7-16(8-10-20)11-18-13-25-23-21(14-26-27(23)24(18)28)22-12-19(15-30-22)17-5-3-2-4-6-17/h2-10,12-15,28H,11H2,1H3. The normalized spacial score (nSPS) is 11.1. The fourth-order valence-electron chi connectivity index (χ4n) is 3.48. The van der Waals surface area contributed by atoms with E-state index in [0.29, 0.717) is 12.1 Å². The van der Waals surface area contributed by atoms with Crippen LogP contribution >= 0.6 is 11.3 Å². The molecule has 0 saturated heterocycles. The van der Waals surface area contributed by atoms with Gasteiger partial charge in [0.1, 0.15) is 5.75 Å². The Morgan fingerprint density at radius 3 is 2.57 bits per heavy atom. The average Bonchev–Trinajstić information content (AvgIpc) is 3.44. The Morgan fingerprint density at radius 1 is 1.00 bits per heavy atom. The molecule has 30 heavy (non-hydrogen) atoms. The molecule has 0 aliphatic carbocycles.